The maximum Gasteiger partial charge on any atom is 0.326 e. The van der Waals surface area contributed by atoms with Crippen LogP contribution < -0.4 is 11.1 Å². The second kappa shape index (κ2) is 9.48. The predicted octanol–water partition coefficient (Wildman–Crippen LogP) is 2.23. The number of ketones is 1. The lowest BCUT2D eigenvalue weighted by Crippen LogP contribution is -2.41. The summed E-state index contributed by atoms with van der Waals surface area (Å²) in [6, 6.07) is 14.0. The summed E-state index contributed by atoms with van der Waals surface area (Å²) < 4.78 is 0. The average molecular weight is 354 g/mol. The zero-order valence-electron chi connectivity index (χ0n) is 14.4. The Labute approximate surface area is 152 Å². The fourth-order valence-corrected chi connectivity index (χ4v) is 2.61. The Morgan fingerprint density at radius 1 is 0.923 bits per heavy atom. The Kier molecular flexibility index (Phi) is 7.05. The zero-order valence-corrected chi connectivity index (χ0v) is 14.4. The molecule has 136 valence electrons. The van der Waals surface area contributed by atoms with E-state index in [9.17, 15) is 19.5 Å². The highest BCUT2D eigenvalue weighted by Gasteiger charge is 2.23. The number of carboxylic acids is 1. The summed E-state index contributed by atoms with van der Waals surface area (Å²) in [4.78, 5) is 36.7. The van der Waals surface area contributed by atoms with Crippen LogP contribution in [0, 0.1) is 0 Å². The second-order valence-electron chi connectivity index (χ2n) is 5.89. The maximum absolute atomic E-state index is 12.7. The van der Waals surface area contributed by atoms with E-state index in [1.807, 2.05) is 0 Å². The van der Waals surface area contributed by atoms with Crippen molar-refractivity contribution in [1.82, 2.24) is 5.32 Å². The molecule has 0 fully saturated rings. The Balaban J connectivity index is 2.21. The highest BCUT2D eigenvalue weighted by Crippen LogP contribution is 2.15. The Morgan fingerprint density at radius 3 is 2.15 bits per heavy atom. The largest absolute Gasteiger partial charge is 0.480 e. The number of benzene rings is 2. The summed E-state index contributed by atoms with van der Waals surface area (Å²) in [7, 11) is 0. The minimum absolute atomic E-state index is 0.159. The third-order valence-corrected chi connectivity index (χ3v) is 4.00. The molecule has 0 heterocycles. The second-order valence-corrected chi connectivity index (χ2v) is 5.89. The number of hydrogen-bond donors (Lipinski definition) is 3. The van der Waals surface area contributed by atoms with Crippen LogP contribution in [0.25, 0.3) is 0 Å². The lowest BCUT2D eigenvalue weighted by Gasteiger charge is -2.16. The molecule has 2 aromatic carbocycles. The molecular weight excluding hydrogens is 332 g/mol. The van der Waals surface area contributed by atoms with Crippen molar-refractivity contribution in [2.75, 3.05) is 6.54 Å². The highest BCUT2D eigenvalue weighted by atomic mass is 16.4. The molecule has 1 amide bonds. The number of unbranched alkanes of at least 4 members (excludes halogenated alkanes) is 1. The fourth-order valence-electron chi connectivity index (χ4n) is 2.61. The van der Waals surface area contributed by atoms with Gasteiger partial charge in [-0.25, -0.2) is 4.79 Å². The van der Waals surface area contributed by atoms with E-state index in [1.54, 1.807) is 48.5 Å². The van der Waals surface area contributed by atoms with Gasteiger partial charge in [0.15, 0.2) is 5.78 Å². The van der Waals surface area contributed by atoms with E-state index in [0.29, 0.717) is 24.9 Å². The Hall–Kier alpha value is -2.99. The first kappa shape index (κ1) is 19.3. The molecule has 6 nitrogen and oxygen atoms in total. The molecule has 26 heavy (non-hydrogen) atoms. The van der Waals surface area contributed by atoms with Crippen molar-refractivity contribution in [3.8, 4) is 0 Å². The van der Waals surface area contributed by atoms with E-state index < -0.39 is 17.9 Å². The van der Waals surface area contributed by atoms with Crippen molar-refractivity contribution >= 4 is 17.7 Å². The van der Waals surface area contributed by atoms with Gasteiger partial charge in [-0.1, -0.05) is 48.5 Å². The third-order valence-electron chi connectivity index (χ3n) is 4.00. The molecule has 0 aromatic heterocycles. The first-order valence-corrected chi connectivity index (χ1v) is 8.47. The van der Waals surface area contributed by atoms with Crippen molar-refractivity contribution in [1.29, 1.82) is 0 Å². The minimum Gasteiger partial charge on any atom is -0.480 e. The van der Waals surface area contributed by atoms with Gasteiger partial charge in [-0.05, 0) is 31.9 Å². The normalized spacial score (nSPS) is 11.6. The molecule has 0 aliphatic carbocycles. The molecule has 1 atom stereocenters. The molecule has 0 spiro atoms. The van der Waals surface area contributed by atoms with Crippen LogP contribution in [0.5, 0.6) is 0 Å². The average Bonchev–Trinajstić information content (AvgIpc) is 2.67. The van der Waals surface area contributed by atoms with Gasteiger partial charge in [0, 0.05) is 11.1 Å². The molecule has 4 N–H and O–H groups in total. The summed E-state index contributed by atoms with van der Waals surface area (Å²) in [5.41, 5.74) is 6.28. The molecule has 2 rings (SSSR count). The summed E-state index contributed by atoms with van der Waals surface area (Å²) >= 11 is 0. The van der Waals surface area contributed by atoms with Crippen molar-refractivity contribution in [2.24, 2.45) is 5.73 Å². The molecule has 6 heteroatoms. The molecule has 0 bridgehead atoms. The third kappa shape index (κ3) is 5.00. The number of nitrogens with two attached hydrogens (primary N) is 1. The molecule has 0 radical (unpaired) electrons. The van der Waals surface area contributed by atoms with Crippen molar-refractivity contribution in [3.05, 3.63) is 71.3 Å². The van der Waals surface area contributed by atoms with Gasteiger partial charge in [-0.2, -0.15) is 0 Å². The zero-order chi connectivity index (χ0) is 18.9. The number of nitrogens with one attached hydrogen (secondary N) is 1. The van der Waals surface area contributed by atoms with Crippen molar-refractivity contribution in [2.45, 2.75) is 25.3 Å². The van der Waals surface area contributed by atoms with E-state index in [4.69, 9.17) is 5.73 Å². The number of aliphatic carboxylic acids is 1. The Bertz CT molecular complexity index is 774. The molecule has 0 unspecified atom stereocenters. The first-order valence-electron chi connectivity index (χ1n) is 8.47. The lowest BCUT2D eigenvalue weighted by molar-refractivity contribution is -0.139. The van der Waals surface area contributed by atoms with E-state index in [-0.39, 0.29) is 23.3 Å². The van der Waals surface area contributed by atoms with Crippen LogP contribution in [0.15, 0.2) is 54.6 Å². The van der Waals surface area contributed by atoms with E-state index >= 15 is 0 Å². The van der Waals surface area contributed by atoms with Crippen LogP contribution in [0.1, 0.15) is 45.5 Å². The first-order chi connectivity index (χ1) is 12.5. The Morgan fingerprint density at radius 2 is 1.54 bits per heavy atom. The quantitative estimate of drug-likeness (QED) is 0.472. The van der Waals surface area contributed by atoms with E-state index in [0.717, 1.165) is 0 Å². The highest BCUT2D eigenvalue weighted by molar-refractivity contribution is 6.15. The van der Waals surface area contributed by atoms with Gasteiger partial charge in [-0.3, -0.25) is 9.59 Å². The van der Waals surface area contributed by atoms with Crippen LogP contribution in [0.3, 0.4) is 0 Å². The predicted molar refractivity (Wildman–Crippen MR) is 98.1 cm³/mol. The summed E-state index contributed by atoms with van der Waals surface area (Å²) in [6.45, 7) is 0.467. The van der Waals surface area contributed by atoms with Crippen LogP contribution in [-0.4, -0.2) is 35.4 Å². The maximum atomic E-state index is 12.7. The van der Waals surface area contributed by atoms with Crippen LogP contribution in [-0.2, 0) is 4.79 Å². The molecule has 2 aromatic rings. The minimum atomic E-state index is -1.11. The van der Waals surface area contributed by atoms with Gasteiger partial charge in [-0.15, -0.1) is 0 Å². The van der Waals surface area contributed by atoms with Crippen LogP contribution >= 0.6 is 0 Å². The number of carbonyl (C=O) groups is 3. The fraction of sp³-hybridized carbons (Fsp3) is 0.250. The number of hydrogen-bond acceptors (Lipinski definition) is 4. The van der Waals surface area contributed by atoms with Gasteiger partial charge in [0.25, 0.3) is 5.91 Å². The van der Waals surface area contributed by atoms with Gasteiger partial charge >= 0.3 is 5.97 Å². The van der Waals surface area contributed by atoms with Gasteiger partial charge in [0.05, 0.1) is 5.56 Å². The van der Waals surface area contributed by atoms with Gasteiger partial charge < -0.3 is 16.2 Å². The smallest absolute Gasteiger partial charge is 0.326 e. The number of rotatable bonds is 9. The lowest BCUT2D eigenvalue weighted by atomic mass is 9.97. The van der Waals surface area contributed by atoms with Crippen LogP contribution in [0.2, 0.25) is 0 Å². The number of amides is 1. The molecule has 0 aliphatic heterocycles. The SMILES string of the molecule is NCCCC[C@@H](NC(=O)c1ccccc1C(=O)c1ccccc1)C(=O)O. The topological polar surface area (TPSA) is 109 Å². The van der Waals surface area contributed by atoms with Gasteiger partial charge in [0.2, 0.25) is 0 Å². The van der Waals surface area contributed by atoms with Crippen molar-refractivity contribution in [3.63, 3.8) is 0 Å². The standard InChI is InChI=1S/C20H22N2O4/c21-13-7-6-12-17(20(25)26)22-19(24)16-11-5-4-10-15(16)18(23)14-8-2-1-3-9-14/h1-5,8-11,17H,6-7,12-13,21H2,(H,22,24)(H,25,26)/t17-/m1/s1. The summed E-state index contributed by atoms with van der Waals surface area (Å²) in [5.74, 6) is -1.97. The van der Waals surface area contributed by atoms with Gasteiger partial charge in [0.1, 0.15) is 6.04 Å². The number of carbonyl (C=O) groups excluding carboxylic acids is 2. The molecular formula is C20H22N2O4. The van der Waals surface area contributed by atoms with E-state index in [1.165, 1.54) is 6.07 Å². The molecule has 0 saturated heterocycles. The van der Waals surface area contributed by atoms with E-state index in [2.05, 4.69) is 5.32 Å². The molecule has 0 saturated carbocycles. The van der Waals surface area contributed by atoms with Crippen molar-refractivity contribution < 1.29 is 19.5 Å². The molecule has 0 aliphatic rings. The number of carboxylic acid groups (broad SMARTS) is 1. The van der Waals surface area contributed by atoms with Crippen LogP contribution in [0.4, 0.5) is 0 Å². The summed E-state index contributed by atoms with van der Waals surface area (Å²) in [6.07, 6.45) is 1.56. The monoisotopic (exact) mass is 354 g/mol. The summed E-state index contributed by atoms with van der Waals surface area (Å²) in [5, 5.41) is 11.8.